The number of rotatable bonds is 2. The molecule has 0 aromatic carbocycles. The smallest absolute Gasteiger partial charge is 0.320 e. The van der Waals surface area contributed by atoms with Crippen molar-refractivity contribution in [3.8, 4) is 0 Å². The first kappa shape index (κ1) is 14.1. The Morgan fingerprint density at radius 3 is 2.91 bits per heavy atom. The maximum Gasteiger partial charge on any atom is 0.320 e. The van der Waals surface area contributed by atoms with Gasteiger partial charge in [0.1, 0.15) is 0 Å². The zero-order valence-electron chi connectivity index (χ0n) is 13.3. The van der Waals surface area contributed by atoms with E-state index in [4.69, 9.17) is 4.74 Å². The van der Waals surface area contributed by atoms with E-state index in [2.05, 4.69) is 15.7 Å². The van der Waals surface area contributed by atoms with Crippen molar-refractivity contribution in [2.24, 2.45) is 18.4 Å². The van der Waals surface area contributed by atoms with E-state index in [9.17, 15) is 4.79 Å². The molecule has 3 atom stereocenters. The molecule has 0 radical (unpaired) electrons. The van der Waals surface area contributed by atoms with Gasteiger partial charge in [-0.05, 0) is 26.2 Å². The molecule has 1 aromatic heterocycles. The number of carbonyl (C=O) groups excluding carboxylic acids is 1. The van der Waals surface area contributed by atoms with Gasteiger partial charge in [0.2, 0.25) is 0 Å². The largest absolute Gasteiger partial charge is 0.377 e. The molecular formula is C16H24N4O2. The molecule has 6 nitrogen and oxygen atoms in total. The van der Waals surface area contributed by atoms with Gasteiger partial charge in [0.05, 0.1) is 6.10 Å². The van der Waals surface area contributed by atoms with Crippen LogP contribution in [0.4, 0.5) is 10.6 Å². The van der Waals surface area contributed by atoms with Crippen molar-refractivity contribution in [1.29, 1.82) is 0 Å². The molecule has 2 aliphatic carbocycles. The zero-order chi connectivity index (χ0) is 15.3. The number of hydrogen-bond acceptors (Lipinski definition) is 3. The first-order chi connectivity index (χ1) is 10.6. The zero-order valence-corrected chi connectivity index (χ0v) is 13.3. The number of hydrogen-bond donors (Lipinski definition) is 2. The van der Waals surface area contributed by atoms with Gasteiger partial charge in [-0.25, -0.2) is 4.79 Å². The lowest BCUT2D eigenvalue weighted by atomic mass is 9.54. The van der Waals surface area contributed by atoms with Crippen molar-refractivity contribution in [3.05, 3.63) is 11.8 Å². The first-order valence-electron chi connectivity index (χ1n) is 8.30. The third kappa shape index (κ3) is 1.96. The van der Waals surface area contributed by atoms with Crippen LogP contribution in [0, 0.1) is 18.3 Å². The molecule has 3 aliphatic rings. The van der Waals surface area contributed by atoms with Gasteiger partial charge in [-0.3, -0.25) is 10.00 Å². The quantitative estimate of drug-likeness (QED) is 0.880. The number of aryl methyl sites for hydroxylation is 2. The molecule has 3 fully saturated rings. The van der Waals surface area contributed by atoms with Crippen LogP contribution in [-0.2, 0) is 11.8 Å². The van der Waals surface area contributed by atoms with Gasteiger partial charge in [-0.2, -0.15) is 5.10 Å². The molecule has 0 unspecified atom stereocenters. The molecular weight excluding hydrogens is 280 g/mol. The summed E-state index contributed by atoms with van der Waals surface area (Å²) < 4.78 is 7.71. The molecule has 1 saturated heterocycles. The van der Waals surface area contributed by atoms with E-state index in [-0.39, 0.29) is 17.5 Å². The van der Waals surface area contributed by atoms with Gasteiger partial charge in [0.25, 0.3) is 0 Å². The van der Waals surface area contributed by atoms with E-state index in [0.717, 1.165) is 18.7 Å². The summed E-state index contributed by atoms with van der Waals surface area (Å²) in [6, 6.07) is 2.00. The minimum Gasteiger partial charge on any atom is -0.377 e. The number of ether oxygens (including phenoxy) is 1. The van der Waals surface area contributed by atoms with Crippen LogP contribution < -0.4 is 10.6 Å². The van der Waals surface area contributed by atoms with E-state index in [1.54, 1.807) is 4.68 Å². The second-order valence-electron chi connectivity index (χ2n) is 7.05. The molecule has 2 heterocycles. The molecule has 4 rings (SSSR count). The summed E-state index contributed by atoms with van der Waals surface area (Å²) in [7, 11) is 1.87. The standard InChI is InChI=1S/C16H24N4O2/c1-10-9-12(19-20(10)2)17-15(21)18-13-11-5-8-22-14(11)16(13)6-3-4-7-16/h9,11,13-14H,3-8H2,1-2H3,(H2,17,18,19,21)/t11-,13-,14+/m1/s1. The molecule has 1 spiro atoms. The maximum atomic E-state index is 12.4. The topological polar surface area (TPSA) is 68.2 Å². The lowest BCUT2D eigenvalue weighted by molar-refractivity contribution is -0.125. The number of carbonyl (C=O) groups is 1. The number of amides is 2. The Balaban J connectivity index is 1.44. The van der Waals surface area contributed by atoms with Crippen LogP contribution in [0.3, 0.4) is 0 Å². The normalized spacial score (nSPS) is 31.8. The minimum atomic E-state index is -0.139. The van der Waals surface area contributed by atoms with Gasteiger partial charge in [-0.15, -0.1) is 0 Å². The van der Waals surface area contributed by atoms with Crippen LogP contribution in [0.25, 0.3) is 0 Å². The fraction of sp³-hybridized carbons (Fsp3) is 0.750. The van der Waals surface area contributed by atoms with E-state index in [1.165, 1.54) is 25.7 Å². The average Bonchev–Trinajstić information content (AvgIpc) is 3.17. The Kier molecular flexibility index (Phi) is 3.18. The highest BCUT2D eigenvalue weighted by Crippen LogP contribution is 2.60. The maximum absolute atomic E-state index is 12.4. The molecule has 22 heavy (non-hydrogen) atoms. The van der Waals surface area contributed by atoms with Crippen molar-refractivity contribution in [3.63, 3.8) is 0 Å². The predicted octanol–water partition coefficient (Wildman–Crippen LogP) is 2.20. The van der Waals surface area contributed by atoms with Crippen LogP contribution in [0.15, 0.2) is 6.07 Å². The highest BCUT2D eigenvalue weighted by Gasteiger charge is 2.65. The Morgan fingerprint density at radius 2 is 2.23 bits per heavy atom. The Hall–Kier alpha value is -1.56. The summed E-state index contributed by atoms with van der Waals surface area (Å²) in [5.74, 6) is 1.10. The van der Waals surface area contributed by atoms with E-state index >= 15 is 0 Å². The third-order valence-electron chi connectivity index (χ3n) is 5.93. The molecule has 6 heteroatoms. The molecule has 2 N–H and O–H groups in total. The number of fused-ring (bicyclic) bond motifs is 2. The summed E-state index contributed by atoms with van der Waals surface area (Å²) in [5.41, 5.74) is 1.22. The Bertz CT molecular complexity index is 571. The average molecular weight is 304 g/mol. The van der Waals surface area contributed by atoms with Crippen molar-refractivity contribution < 1.29 is 9.53 Å². The molecule has 2 saturated carbocycles. The molecule has 0 bridgehead atoms. The fourth-order valence-corrected chi connectivity index (χ4v) is 4.82. The lowest BCUT2D eigenvalue weighted by Gasteiger charge is -2.56. The van der Waals surface area contributed by atoms with Crippen LogP contribution in [0.2, 0.25) is 0 Å². The molecule has 1 aliphatic heterocycles. The number of nitrogens with one attached hydrogen (secondary N) is 2. The minimum absolute atomic E-state index is 0.139. The van der Waals surface area contributed by atoms with Crippen molar-refractivity contribution >= 4 is 11.8 Å². The Morgan fingerprint density at radius 1 is 1.45 bits per heavy atom. The predicted molar refractivity (Wildman–Crippen MR) is 82.6 cm³/mol. The van der Waals surface area contributed by atoms with Crippen LogP contribution in [0.1, 0.15) is 37.8 Å². The number of nitrogens with zero attached hydrogens (tertiary/aromatic N) is 2. The van der Waals surface area contributed by atoms with Crippen LogP contribution in [0.5, 0.6) is 0 Å². The van der Waals surface area contributed by atoms with Gasteiger partial charge in [0, 0.05) is 42.8 Å². The number of anilines is 1. The van der Waals surface area contributed by atoms with Crippen LogP contribution >= 0.6 is 0 Å². The summed E-state index contributed by atoms with van der Waals surface area (Å²) >= 11 is 0. The summed E-state index contributed by atoms with van der Waals surface area (Å²) in [5, 5.41) is 10.4. The highest BCUT2D eigenvalue weighted by molar-refractivity contribution is 5.88. The lowest BCUT2D eigenvalue weighted by Crippen LogP contribution is -2.68. The first-order valence-corrected chi connectivity index (χ1v) is 8.30. The van der Waals surface area contributed by atoms with Crippen LogP contribution in [-0.4, -0.2) is 34.6 Å². The number of aromatic nitrogens is 2. The number of urea groups is 1. The van der Waals surface area contributed by atoms with Gasteiger partial charge >= 0.3 is 6.03 Å². The molecule has 1 aromatic rings. The van der Waals surface area contributed by atoms with Crippen molar-refractivity contribution in [1.82, 2.24) is 15.1 Å². The highest BCUT2D eigenvalue weighted by atomic mass is 16.5. The Labute approximate surface area is 130 Å². The van der Waals surface area contributed by atoms with Gasteiger partial charge in [0.15, 0.2) is 5.82 Å². The van der Waals surface area contributed by atoms with Gasteiger partial charge in [-0.1, -0.05) is 12.8 Å². The van der Waals surface area contributed by atoms with E-state index in [0.29, 0.717) is 17.8 Å². The third-order valence-corrected chi connectivity index (χ3v) is 5.93. The SMILES string of the molecule is Cc1cc(NC(=O)N[C@@H]2[C@H]3CCO[C@@H]3C23CCCC3)nn1C. The van der Waals surface area contributed by atoms with E-state index in [1.807, 2.05) is 20.0 Å². The van der Waals surface area contributed by atoms with Crippen molar-refractivity contribution in [2.75, 3.05) is 11.9 Å². The summed E-state index contributed by atoms with van der Waals surface area (Å²) in [6.07, 6.45) is 6.32. The van der Waals surface area contributed by atoms with Gasteiger partial charge < -0.3 is 10.1 Å². The fourth-order valence-electron chi connectivity index (χ4n) is 4.82. The molecule has 120 valence electrons. The monoisotopic (exact) mass is 304 g/mol. The van der Waals surface area contributed by atoms with E-state index < -0.39 is 0 Å². The second kappa shape index (κ2) is 4.98. The summed E-state index contributed by atoms with van der Waals surface area (Å²) in [6.45, 7) is 2.81. The summed E-state index contributed by atoms with van der Waals surface area (Å²) in [4.78, 5) is 12.4. The second-order valence-corrected chi connectivity index (χ2v) is 7.05. The van der Waals surface area contributed by atoms with Crippen molar-refractivity contribution in [2.45, 2.75) is 51.2 Å². The molecule has 2 amide bonds.